The Hall–Kier alpha value is -2.93. The third-order valence-corrected chi connectivity index (χ3v) is 5.66. The maximum Gasteiger partial charge on any atom is 0.325 e. The number of thioether (sulfide) groups is 1. The molecule has 28 heavy (non-hydrogen) atoms. The number of carbonyl (C=O) groups is 2. The van der Waals surface area contributed by atoms with Crippen LogP contribution >= 0.6 is 11.8 Å². The highest BCUT2D eigenvalue weighted by Gasteiger charge is 2.43. The first-order valence-electron chi connectivity index (χ1n) is 9.05. The molecule has 0 saturated carbocycles. The van der Waals surface area contributed by atoms with Gasteiger partial charge >= 0.3 is 6.03 Å². The largest absolute Gasteiger partial charge is 0.325 e. The Labute approximate surface area is 167 Å². The topological polar surface area (TPSA) is 75.2 Å². The van der Waals surface area contributed by atoms with Crippen LogP contribution in [0.3, 0.4) is 0 Å². The average molecular weight is 392 g/mol. The van der Waals surface area contributed by atoms with E-state index in [1.807, 2.05) is 54.6 Å². The summed E-state index contributed by atoms with van der Waals surface area (Å²) >= 11 is 1.50. The fourth-order valence-corrected chi connectivity index (χ4v) is 4.15. The molecule has 1 saturated heterocycles. The van der Waals surface area contributed by atoms with Gasteiger partial charge in [-0.25, -0.2) is 4.79 Å². The summed E-state index contributed by atoms with van der Waals surface area (Å²) in [7, 11) is 0. The number of hydrogen-bond donors (Lipinski definition) is 1. The molecule has 1 aromatic heterocycles. The van der Waals surface area contributed by atoms with Gasteiger partial charge in [-0.1, -0.05) is 54.6 Å². The minimum atomic E-state index is -0.842. The number of aromatic nitrogens is 2. The molecule has 0 spiro atoms. The van der Waals surface area contributed by atoms with Gasteiger partial charge in [0.15, 0.2) is 0 Å². The van der Waals surface area contributed by atoms with Gasteiger partial charge in [0, 0.05) is 28.6 Å². The van der Waals surface area contributed by atoms with Crippen LogP contribution in [0.1, 0.15) is 13.8 Å². The summed E-state index contributed by atoms with van der Waals surface area (Å²) < 4.78 is 0. The number of nitrogens with zero attached hydrogens (tertiary/aromatic N) is 3. The molecule has 142 valence electrons. The van der Waals surface area contributed by atoms with Gasteiger partial charge in [-0.3, -0.25) is 9.69 Å². The first-order valence-corrected chi connectivity index (χ1v) is 10.0. The SMILES string of the molecule is CC1(C)NC(=O)N(CCSc2nnc(-c3ccccc3)c3ccccc23)C1=O. The first kappa shape index (κ1) is 18.4. The van der Waals surface area contributed by atoms with E-state index in [0.717, 1.165) is 27.1 Å². The second kappa shape index (κ2) is 7.24. The summed E-state index contributed by atoms with van der Waals surface area (Å²) in [4.78, 5) is 25.6. The van der Waals surface area contributed by atoms with Gasteiger partial charge in [0.25, 0.3) is 5.91 Å². The van der Waals surface area contributed by atoms with Gasteiger partial charge in [0.1, 0.15) is 16.3 Å². The highest BCUT2D eigenvalue weighted by molar-refractivity contribution is 7.99. The van der Waals surface area contributed by atoms with Crippen molar-refractivity contribution in [2.75, 3.05) is 12.3 Å². The molecule has 3 amide bonds. The van der Waals surface area contributed by atoms with E-state index in [1.165, 1.54) is 16.7 Å². The average Bonchev–Trinajstić information content (AvgIpc) is 2.90. The van der Waals surface area contributed by atoms with Crippen molar-refractivity contribution in [1.82, 2.24) is 20.4 Å². The van der Waals surface area contributed by atoms with Crippen LogP contribution in [0, 0.1) is 0 Å². The number of imide groups is 1. The van der Waals surface area contributed by atoms with E-state index in [-0.39, 0.29) is 11.9 Å². The molecule has 0 radical (unpaired) electrons. The fraction of sp³-hybridized carbons (Fsp3) is 0.238. The molecule has 1 N–H and O–H groups in total. The van der Waals surface area contributed by atoms with Crippen LogP contribution in [-0.4, -0.2) is 44.9 Å². The molecule has 0 atom stereocenters. The van der Waals surface area contributed by atoms with Gasteiger partial charge in [-0.15, -0.1) is 22.0 Å². The van der Waals surface area contributed by atoms with Crippen molar-refractivity contribution in [2.24, 2.45) is 0 Å². The first-order chi connectivity index (χ1) is 13.5. The lowest BCUT2D eigenvalue weighted by atomic mass is 10.1. The molecule has 3 aromatic rings. The van der Waals surface area contributed by atoms with Crippen LogP contribution in [0.5, 0.6) is 0 Å². The van der Waals surface area contributed by atoms with Crippen LogP contribution in [0.25, 0.3) is 22.0 Å². The molecular weight excluding hydrogens is 372 g/mol. The number of rotatable bonds is 5. The predicted molar refractivity (Wildman–Crippen MR) is 110 cm³/mol. The van der Waals surface area contributed by atoms with Crippen molar-refractivity contribution < 1.29 is 9.59 Å². The van der Waals surface area contributed by atoms with Crippen LogP contribution < -0.4 is 5.32 Å². The Kier molecular flexibility index (Phi) is 4.77. The molecule has 0 aliphatic carbocycles. The molecular formula is C21H20N4O2S. The van der Waals surface area contributed by atoms with Gasteiger partial charge in [-0.05, 0) is 13.8 Å². The fourth-order valence-electron chi connectivity index (χ4n) is 3.25. The molecule has 0 bridgehead atoms. The molecule has 2 heterocycles. The molecule has 1 fully saturated rings. The number of urea groups is 1. The zero-order chi connectivity index (χ0) is 19.7. The smallest absolute Gasteiger partial charge is 0.324 e. The van der Waals surface area contributed by atoms with Crippen molar-refractivity contribution in [3.8, 4) is 11.3 Å². The van der Waals surface area contributed by atoms with E-state index in [1.54, 1.807) is 13.8 Å². The summed E-state index contributed by atoms with van der Waals surface area (Å²) in [6.45, 7) is 3.75. The summed E-state index contributed by atoms with van der Waals surface area (Å²) in [6, 6.07) is 17.6. The second-order valence-electron chi connectivity index (χ2n) is 7.13. The molecule has 7 heteroatoms. The van der Waals surface area contributed by atoms with Crippen molar-refractivity contribution in [3.63, 3.8) is 0 Å². The van der Waals surface area contributed by atoms with Crippen LogP contribution in [-0.2, 0) is 4.79 Å². The predicted octanol–water partition coefficient (Wildman–Crippen LogP) is 3.72. The monoisotopic (exact) mass is 392 g/mol. The number of nitrogens with one attached hydrogen (secondary N) is 1. The second-order valence-corrected chi connectivity index (χ2v) is 8.21. The molecule has 1 aliphatic rings. The number of fused-ring (bicyclic) bond motifs is 1. The minimum Gasteiger partial charge on any atom is -0.324 e. The Bertz CT molecular complexity index is 1050. The molecule has 1 aliphatic heterocycles. The minimum absolute atomic E-state index is 0.200. The van der Waals surface area contributed by atoms with Gasteiger partial charge in [-0.2, -0.15) is 0 Å². The quantitative estimate of drug-likeness (QED) is 0.529. The van der Waals surface area contributed by atoms with Gasteiger partial charge < -0.3 is 5.32 Å². The maximum absolute atomic E-state index is 12.3. The number of hydrogen-bond acceptors (Lipinski definition) is 5. The Balaban J connectivity index is 1.56. The Morgan fingerprint density at radius 2 is 1.64 bits per heavy atom. The summed E-state index contributed by atoms with van der Waals surface area (Å²) in [5, 5.41) is 14.4. The third-order valence-electron chi connectivity index (χ3n) is 4.70. The lowest BCUT2D eigenvalue weighted by molar-refractivity contribution is -0.130. The van der Waals surface area contributed by atoms with Crippen LogP contribution in [0.2, 0.25) is 0 Å². The third kappa shape index (κ3) is 3.33. The van der Waals surface area contributed by atoms with E-state index in [0.29, 0.717) is 12.3 Å². The highest BCUT2D eigenvalue weighted by Crippen LogP contribution is 2.31. The Morgan fingerprint density at radius 1 is 0.964 bits per heavy atom. The van der Waals surface area contributed by atoms with E-state index in [2.05, 4.69) is 15.5 Å². The van der Waals surface area contributed by atoms with E-state index >= 15 is 0 Å². The summed E-state index contributed by atoms with van der Waals surface area (Å²) in [5.41, 5.74) is 1.02. The zero-order valence-corrected chi connectivity index (χ0v) is 16.5. The standard InChI is InChI=1S/C21H20N4O2S/c1-21(2)19(26)25(20(27)22-21)12-13-28-18-16-11-7-6-10-15(16)17(23-24-18)14-8-4-3-5-9-14/h3-11H,12-13H2,1-2H3,(H,22,27). The molecule has 4 rings (SSSR count). The normalized spacial score (nSPS) is 15.9. The van der Waals surface area contributed by atoms with E-state index in [9.17, 15) is 9.59 Å². The van der Waals surface area contributed by atoms with Crippen molar-refractivity contribution in [3.05, 3.63) is 54.6 Å². The van der Waals surface area contributed by atoms with E-state index < -0.39 is 5.54 Å². The van der Waals surface area contributed by atoms with Crippen LogP contribution in [0.15, 0.2) is 59.6 Å². The number of amides is 3. The lowest BCUT2D eigenvalue weighted by Crippen LogP contribution is -2.40. The van der Waals surface area contributed by atoms with E-state index in [4.69, 9.17) is 0 Å². The van der Waals surface area contributed by atoms with Crippen molar-refractivity contribution in [2.45, 2.75) is 24.4 Å². The zero-order valence-electron chi connectivity index (χ0n) is 15.7. The lowest BCUT2D eigenvalue weighted by Gasteiger charge is -2.15. The van der Waals surface area contributed by atoms with Crippen molar-refractivity contribution in [1.29, 1.82) is 0 Å². The number of benzene rings is 2. The molecule has 2 aromatic carbocycles. The van der Waals surface area contributed by atoms with Crippen LogP contribution in [0.4, 0.5) is 4.79 Å². The molecule has 6 nitrogen and oxygen atoms in total. The summed E-state index contributed by atoms with van der Waals surface area (Å²) in [5.74, 6) is 0.354. The molecule has 0 unspecified atom stereocenters. The number of carbonyl (C=O) groups excluding carboxylic acids is 2. The maximum atomic E-state index is 12.3. The van der Waals surface area contributed by atoms with Gasteiger partial charge in [0.2, 0.25) is 0 Å². The van der Waals surface area contributed by atoms with Gasteiger partial charge in [0.05, 0.1) is 0 Å². The summed E-state index contributed by atoms with van der Waals surface area (Å²) in [6.07, 6.45) is 0. The highest BCUT2D eigenvalue weighted by atomic mass is 32.2. The Morgan fingerprint density at radius 3 is 2.32 bits per heavy atom. The van der Waals surface area contributed by atoms with Crippen molar-refractivity contribution >= 4 is 34.5 Å².